The van der Waals surface area contributed by atoms with Gasteiger partial charge in [-0.3, -0.25) is 9.59 Å². The lowest BCUT2D eigenvalue weighted by atomic mass is 10.1. The number of esters is 1. The van der Waals surface area contributed by atoms with E-state index < -0.39 is 5.97 Å². The van der Waals surface area contributed by atoms with Gasteiger partial charge in [0.05, 0.1) is 6.04 Å². The number of rotatable bonds is 3. The average Bonchev–Trinajstić information content (AvgIpc) is 2.80. The van der Waals surface area contributed by atoms with Gasteiger partial charge in [-0.1, -0.05) is 48.5 Å². The lowest BCUT2D eigenvalue weighted by Gasteiger charge is -2.15. The summed E-state index contributed by atoms with van der Waals surface area (Å²) in [6.07, 6.45) is 0. The summed E-state index contributed by atoms with van der Waals surface area (Å²) in [6.45, 7) is 1.03. The fraction of sp³-hybridized carbons (Fsp3) is 0.176. The molecule has 1 aliphatic carbocycles. The van der Waals surface area contributed by atoms with E-state index in [0.29, 0.717) is 0 Å². The maximum Gasteiger partial charge on any atom is 0.303 e. The van der Waals surface area contributed by atoms with Crippen LogP contribution >= 0.6 is 0 Å². The van der Waals surface area contributed by atoms with Gasteiger partial charge in [0, 0.05) is 6.92 Å². The first kappa shape index (κ1) is 13.4. The molecule has 0 radical (unpaired) electrons. The van der Waals surface area contributed by atoms with Crippen LogP contribution in [0.1, 0.15) is 24.1 Å². The zero-order valence-electron chi connectivity index (χ0n) is 11.6. The fourth-order valence-electron chi connectivity index (χ4n) is 2.68. The van der Waals surface area contributed by atoms with Gasteiger partial charge < -0.3 is 10.1 Å². The summed E-state index contributed by atoms with van der Waals surface area (Å²) < 4.78 is 4.74. The van der Waals surface area contributed by atoms with Gasteiger partial charge in [-0.05, 0) is 22.3 Å². The molecule has 0 aromatic heterocycles. The number of ether oxygens (including phenoxy) is 1. The van der Waals surface area contributed by atoms with Crippen molar-refractivity contribution in [3.63, 3.8) is 0 Å². The minimum atomic E-state index is -0.461. The number of amides is 1. The van der Waals surface area contributed by atoms with Crippen molar-refractivity contribution in [2.75, 3.05) is 6.61 Å². The molecule has 0 unspecified atom stereocenters. The molecule has 0 saturated carbocycles. The molecule has 3 rings (SSSR count). The van der Waals surface area contributed by atoms with Crippen molar-refractivity contribution >= 4 is 11.9 Å². The molecule has 1 N–H and O–H groups in total. The molecule has 2 aromatic rings. The number of fused-ring (bicyclic) bond motifs is 3. The van der Waals surface area contributed by atoms with Crippen LogP contribution in [0, 0.1) is 0 Å². The summed E-state index contributed by atoms with van der Waals surface area (Å²) >= 11 is 0. The zero-order valence-corrected chi connectivity index (χ0v) is 11.6. The molecule has 2 aromatic carbocycles. The molecule has 0 saturated heterocycles. The summed E-state index contributed by atoms with van der Waals surface area (Å²) in [5, 5.41) is 2.93. The van der Waals surface area contributed by atoms with Crippen LogP contribution in [0.15, 0.2) is 48.5 Å². The van der Waals surface area contributed by atoms with Crippen molar-refractivity contribution in [1.82, 2.24) is 5.32 Å². The van der Waals surface area contributed by atoms with E-state index in [1.165, 1.54) is 6.92 Å². The van der Waals surface area contributed by atoms with Crippen LogP contribution < -0.4 is 5.32 Å². The SMILES string of the molecule is CC(=O)OCC(=O)NC1c2ccccc2-c2ccccc21. The van der Waals surface area contributed by atoms with Crippen LogP contribution in [0.3, 0.4) is 0 Å². The van der Waals surface area contributed by atoms with Crippen molar-refractivity contribution in [1.29, 1.82) is 0 Å². The number of carbonyl (C=O) groups is 2. The number of hydrogen-bond acceptors (Lipinski definition) is 3. The standard InChI is InChI=1S/C17H15NO3/c1-11(19)21-10-16(20)18-17-14-8-4-2-6-12(14)13-7-3-5-9-15(13)17/h2-9,17H,10H2,1H3,(H,18,20). The highest BCUT2D eigenvalue weighted by Crippen LogP contribution is 2.42. The van der Waals surface area contributed by atoms with E-state index in [0.717, 1.165) is 22.3 Å². The first-order valence-corrected chi connectivity index (χ1v) is 6.78. The molecular weight excluding hydrogens is 266 g/mol. The Bertz CT molecular complexity index is 663. The number of hydrogen-bond donors (Lipinski definition) is 1. The quantitative estimate of drug-likeness (QED) is 0.879. The van der Waals surface area contributed by atoms with Gasteiger partial charge in [-0.2, -0.15) is 0 Å². The van der Waals surface area contributed by atoms with Crippen molar-refractivity contribution in [3.8, 4) is 11.1 Å². The first-order valence-electron chi connectivity index (χ1n) is 6.78. The molecule has 4 nitrogen and oxygen atoms in total. The highest BCUT2D eigenvalue weighted by Gasteiger charge is 2.29. The van der Waals surface area contributed by atoms with Gasteiger partial charge in [-0.25, -0.2) is 0 Å². The summed E-state index contributed by atoms with van der Waals surface area (Å²) in [6, 6.07) is 15.8. The number of nitrogens with one attached hydrogen (secondary N) is 1. The van der Waals surface area contributed by atoms with Crippen LogP contribution in [0.2, 0.25) is 0 Å². The van der Waals surface area contributed by atoms with E-state index in [1.807, 2.05) is 48.5 Å². The Kier molecular flexibility index (Phi) is 3.44. The minimum Gasteiger partial charge on any atom is -0.456 e. The predicted molar refractivity (Wildman–Crippen MR) is 78.5 cm³/mol. The Morgan fingerprint density at radius 2 is 1.52 bits per heavy atom. The minimum absolute atomic E-state index is 0.194. The third-order valence-corrected chi connectivity index (χ3v) is 3.55. The second-order valence-electron chi connectivity index (χ2n) is 4.96. The van der Waals surface area contributed by atoms with Crippen LogP contribution in [-0.2, 0) is 14.3 Å². The fourth-order valence-corrected chi connectivity index (χ4v) is 2.68. The third kappa shape index (κ3) is 2.52. The predicted octanol–water partition coefficient (Wildman–Crippen LogP) is 2.44. The van der Waals surface area contributed by atoms with Crippen LogP contribution in [0.4, 0.5) is 0 Å². The summed E-state index contributed by atoms with van der Waals surface area (Å²) in [4.78, 5) is 22.7. The van der Waals surface area contributed by atoms with Crippen LogP contribution in [0.25, 0.3) is 11.1 Å². The molecule has 0 heterocycles. The highest BCUT2D eigenvalue weighted by atomic mass is 16.5. The molecule has 21 heavy (non-hydrogen) atoms. The van der Waals surface area contributed by atoms with Crippen molar-refractivity contribution < 1.29 is 14.3 Å². The van der Waals surface area contributed by atoms with E-state index >= 15 is 0 Å². The molecule has 0 bridgehead atoms. The molecule has 1 aliphatic rings. The number of carbonyl (C=O) groups excluding carboxylic acids is 2. The van der Waals surface area contributed by atoms with Crippen molar-refractivity contribution in [2.45, 2.75) is 13.0 Å². The van der Waals surface area contributed by atoms with Gasteiger partial charge in [-0.15, -0.1) is 0 Å². The van der Waals surface area contributed by atoms with Gasteiger partial charge in [0.2, 0.25) is 0 Å². The third-order valence-electron chi connectivity index (χ3n) is 3.55. The van der Waals surface area contributed by atoms with E-state index in [2.05, 4.69) is 5.32 Å². The van der Waals surface area contributed by atoms with Gasteiger partial charge in [0.25, 0.3) is 5.91 Å². The summed E-state index contributed by atoms with van der Waals surface area (Å²) in [5.41, 5.74) is 4.39. The average molecular weight is 281 g/mol. The van der Waals surface area contributed by atoms with Gasteiger partial charge in [0.1, 0.15) is 0 Å². The second kappa shape index (κ2) is 5.40. The maximum absolute atomic E-state index is 11.9. The Morgan fingerprint density at radius 3 is 2.05 bits per heavy atom. The first-order chi connectivity index (χ1) is 10.2. The van der Waals surface area contributed by atoms with E-state index in [-0.39, 0.29) is 18.6 Å². The normalized spacial score (nSPS) is 12.4. The largest absolute Gasteiger partial charge is 0.456 e. The van der Waals surface area contributed by atoms with E-state index in [1.54, 1.807) is 0 Å². The lowest BCUT2D eigenvalue weighted by Crippen LogP contribution is -2.31. The Balaban J connectivity index is 1.88. The van der Waals surface area contributed by atoms with E-state index in [4.69, 9.17) is 4.74 Å². The van der Waals surface area contributed by atoms with Crippen LogP contribution in [0.5, 0.6) is 0 Å². The highest BCUT2D eigenvalue weighted by molar-refractivity contribution is 5.84. The molecular formula is C17H15NO3. The molecule has 0 fully saturated rings. The lowest BCUT2D eigenvalue weighted by molar-refractivity contribution is -0.146. The van der Waals surface area contributed by atoms with Gasteiger partial charge in [0.15, 0.2) is 6.61 Å². The summed E-state index contributed by atoms with van der Waals surface area (Å²) in [7, 11) is 0. The Morgan fingerprint density at radius 1 is 1.00 bits per heavy atom. The Labute approximate surface area is 122 Å². The molecule has 0 aliphatic heterocycles. The van der Waals surface area contributed by atoms with Crippen LogP contribution in [-0.4, -0.2) is 18.5 Å². The van der Waals surface area contributed by atoms with Crippen molar-refractivity contribution in [2.24, 2.45) is 0 Å². The zero-order chi connectivity index (χ0) is 14.8. The number of benzene rings is 2. The molecule has 0 spiro atoms. The van der Waals surface area contributed by atoms with Gasteiger partial charge >= 0.3 is 5.97 Å². The molecule has 1 amide bonds. The molecule has 106 valence electrons. The molecule has 0 atom stereocenters. The Hall–Kier alpha value is -2.62. The monoisotopic (exact) mass is 281 g/mol. The second-order valence-corrected chi connectivity index (χ2v) is 4.96. The topological polar surface area (TPSA) is 55.4 Å². The van der Waals surface area contributed by atoms with Crippen molar-refractivity contribution in [3.05, 3.63) is 59.7 Å². The smallest absolute Gasteiger partial charge is 0.303 e. The summed E-state index contributed by atoms with van der Waals surface area (Å²) in [5.74, 6) is -0.765. The molecule has 4 heteroatoms. The maximum atomic E-state index is 11.9. The van der Waals surface area contributed by atoms with E-state index in [9.17, 15) is 9.59 Å².